The van der Waals surface area contributed by atoms with Crippen molar-refractivity contribution in [1.29, 1.82) is 0 Å². The van der Waals surface area contributed by atoms with Crippen molar-refractivity contribution in [2.24, 2.45) is 11.3 Å². The van der Waals surface area contributed by atoms with Gasteiger partial charge in [0.1, 0.15) is 0 Å². The van der Waals surface area contributed by atoms with Crippen molar-refractivity contribution in [3.8, 4) is 0 Å². The molecular formula is C10H20O2. The van der Waals surface area contributed by atoms with E-state index in [2.05, 4.69) is 13.8 Å². The highest BCUT2D eigenvalue weighted by molar-refractivity contribution is 4.97. The fourth-order valence-corrected chi connectivity index (χ4v) is 2.52. The lowest BCUT2D eigenvalue weighted by Gasteiger charge is -2.28. The molecule has 0 radical (unpaired) electrons. The third kappa shape index (κ3) is 1.50. The minimum Gasteiger partial charge on any atom is -0.390 e. The standard InChI is InChI=1S/C10H20O2/c1-4-5-10(3)6-7(2)8(11)9(10)12/h7-9,11-12H,4-6H2,1-3H3/t7-,8+,9+,10+/m1/s1. The third-order valence-electron chi connectivity index (χ3n) is 3.23. The quantitative estimate of drug-likeness (QED) is 0.663. The summed E-state index contributed by atoms with van der Waals surface area (Å²) < 4.78 is 0. The van der Waals surface area contributed by atoms with Gasteiger partial charge in [0, 0.05) is 0 Å². The van der Waals surface area contributed by atoms with Gasteiger partial charge >= 0.3 is 0 Å². The van der Waals surface area contributed by atoms with Gasteiger partial charge in [0.15, 0.2) is 0 Å². The van der Waals surface area contributed by atoms with Gasteiger partial charge in [-0.1, -0.05) is 27.2 Å². The zero-order valence-corrected chi connectivity index (χ0v) is 8.25. The minimum absolute atomic E-state index is 0.0480. The topological polar surface area (TPSA) is 40.5 Å². The van der Waals surface area contributed by atoms with Crippen molar-refractivity contribution in [3.63, 3.8) is 0 Å². The molecular weight excluding hydrogens is 152 g/mol. The van der Waals surface area contributed by atoms with E-state index in [1.807, 2.05) is 6.92 Å². The van der Waals surface area contributed by atoms with E-state index in [-0.39, 0.29) is 11.3 Å². The Bertz CT molecular complexity index is 158. The first kappa shape index (κ1) is 10.0. The van der Waals surface area contributed by atoms with E-state index in [1.165, 1.54) is 0 Å². The molecule has 1 aliphatic rings. The number of rotatable bonds is 2. The van der Waals surface area contributed by atoms with Crippen LogP contribution in [0, 0.1) is 11.3 Å². The predicted molar refractivity (Wildman–Crippen MR) is 48.8 cm³/mol. The van der Waals surface area contributed by atoms with Gasteiger partial charge in [-0.2, -0.15) is 0 Å². The van der Waals surface area contributed by atoms with Crippen LogP contribution in [0.4, 0.5) is 0 Å². The Morgan fingerprint density at radius 1 is 1.42 bits per heavy atom. The molecule has 1 fully saturated rings. The second kappa shape index (κ2) is 3.35. The zero-order valence-electron chi connectivity index (χ0n) is 8.25. The van der Waals surface area contributed by atoms with Crippen molar-refractivity contribution >= 4 is 0 Å². The molecule has 0 bridgehead atoms. The lowest BCUT2D eigenvalue weighted by Crippen LogP contribution is -2.33. The van der Waals surface area contributed by atoms with Crippen LogP contribution in [0.2, 0.25) is 0 Å². The van der Waals surface area contributed by atoms with Crippen LogP contribution >= 0.6 is 0 Å². The Morgan fingerprint density at radius 2 is 2.00 bits per heavy atom. The maximum atomic E-state index is 9.77. The lowest BCUT2D eigenvalue weighted by molar-refractivity contribution is -0.0245. The van der Waals surface area contributed by atoms with E-state index in [0.29, 0.717) is 0 Å². The fourth-order valence-electron chi connectivity index (χ4n) is 2.52. The monoisotopic (exact) mass is 172 g/mol. The van der Waals surface area contributed by atoms with Crippen LogP contribution in [0.1, 0.15) is 40.0 Å². The van der Waals surface area contributed by atoms with Crippen molar-refractivity contribution in [2.45, 2.75) is 52.2 Å². The number of aliphatic hydroxyl groups excluding tert-OH is 2. The van der Waals surface area contributed by atoms with Gasteiger partial charge in [0.25, 0.3) is 0 Å². The summed E-state index contributed by atoms with van der Waals surface area (Å²) in [6, 6.07) is 0. The molecule has 0 aliphatic heterocycles. The lowest BCUT2D eigenvalue weighted by atomic mass is 9.81. The largest absolute Gasteiger partial charge is 0.390 e. The number of aliphatic hydroxyl groups is 2. The number of hydrogen-bond acceptors (Lipinski definition) is 2. The van der Waals surface area contributed by atoms with Crippen LogP contribution in [0.3, 0.4) is 0 Å². The van der Waals surface area contributed by atoms with E-state index in [1.54, 1.807) is 0 Å². The van der Waals surface area contributed by atoms with Crippen LogP contribution < -0.4 is 0 Å². The molecule has 1 saturated carbocycles. The molecule has 0 amide bonds. The predicted octanol–water partition coefficient (Wildman–Crippen LogP) is 1.55. The highest BCUT2D eigenvalue weighted by atomic mass is 16.3. The summed E-state index contributed by atoms with van der Waals surface area (Å²) in [7, 11) is 0. The molecule has 72 valence electrons. The van der Waals surface area contributed by atoms with Crippen molar-refractivity contribution in [3.05, 3.63) is 0 Å². The first-order valence-corrected chi connectivity index (χ1v) is 4.87. The SMILES string of the molecule is CCC[C@@]1(C)C[C@@H](C)[C@H](O)[C@@H]1O. The molecule has 2 N–H and O–H groups in total. The van der Waals surface area contributed by atoms with Crippen LogP contribution in [0.5, 0.6) is 0 Å². The van der Waals surface area contributed by atoms with E-state index < -0.39 is 12.2 Å². The molecule has 0 aromatic heterocycles. The molecule has 1 rings (SSSR count). The van der Waals surface area contributed by atoms with Gasteiger partial charge in [-0.3, -0.25) is 0 Å². The smallest absolute Gasteiger partial charge is 0.0855 e. The Kier molecular flexibility index (Phi) is 2.79. The molecule has 12 heavy (non-hydrogen) atoms. The third-order valence-corrected chi connectivity index (χ3v) is 3.23. The highest BCUT2D eigenvalue weighted by Gasteiger charge is 2.46. The first-order valence-electron chi connectivity index (χ1n) is 4.87. The Morgan fingerprint density at radius 3 is 2.33 bits per heavy atom. The molecule has 2 nitrogen and oxygen atoms in total. The second-order valence-electron chi connectivity index (χ2n) is 4.52. The van der Waals surface area contributed by atoms with Gasteiger partial charge in [-0.25, -0.2) is 0 Å². The van der Waals surface area contributed by atoms with Gasteiger partial charge in [0.2, 0.25) is 0 Å². The Hall–Kier alpha value is -0.0800. The molecule has 0 aromatic rings. The van der Waals surface area contributed by atoms with Gasteiger partial charge in [-0.05, 0) is 24.2 Å². The van der Waals surface area contributed by atoms with Crippen LogP contribution in [-0.2, 0) is 0 Å². The molecule has 0 unspecified atom stereocenters. The van der Waals surface area contributed by atoms with Crippen LogP contribution in [0.15, 0.2) is 0 Å². The Labute approximate surface area is 74.6 Å². The molecule has 4 atom stereocenters. The van der Waals surface area contributed by atoms with E-state index in [9.17, 15) is 10.2 Å². The van der Waals surface area contributed by atoms with Gasteiger partial charge in [0.05, 0.1) is 12.2 Å². The average Bonchev–Trinajstić information content (AvgIpc) is 2.17. The molecule has 0 aromatic carbocycles. The summed E-state index contributed by atoms with van der Waals surface area (Å²) in [5.41, 5.74) is -0.0480. The summed E-state index contributed by atoms with van der Waals surface area (Å²) in [6.45, 7) is 6.20. The molecule has 1 aliphatic carbocycles. The maximum absolute atomic E-state index is 9.77. The summed E-state index contributed by atoms with van der Waals surface area (Å²) in [4.78, 5) is 0. The van der Waals surface area contributed by atoms with Crippen molar-refractivity contribution in [2.75, 3.05) is 0 Å². The van der Waals surface area contributed by atoms with Crippen molar-refractivity contribution < 1.29 is 10.2 Å². The minimum atomic E-state index is -0.521. The molecule has 2 heteroatoms. The fraction of sp³-hybridized carbons (Fsp3) is 1.00. The van der Waals surface area contributed by atoms with Crippen LogP contribution in [-0.4, -0.2) is 22.4 Å². The van der Waals surface area contributed by atoms with Gasteiger partial charge < -0.3 is 10.2 Å². The zero-order chi connectivity index (χ0) is 9.35. The van der Waals surface area contributed by atoms with Gasteiger partial charge in [-0.15, -0.1) is 0 Å². The molecule has 0 spiro atoms. The number of hydrogen-bond donors (Lipinski definition) is 2. The Balaban J connectivity index is 2.67. The van der Waals surface area contributed by atoms with E-state index in [4.69, 9.17) is 0 Å². The summed E-state index contributed by atoms with van der Waals surface area (Å²) in [5.74, 6) is 0.247. The molecule has 0 saturated heterocycles. The maximum Gasteiger partial charge on any atom is 0.0855 e. The summed E-state index contributed by atoms with van der Waals surface area (Å²) in [5, 5.41) is 19.3. The van der Waals surface area contributed by atoms with E-state index in [0.717, 1.165) is 19.3 Å². The van der Waals surface area contributed by atoms with E-state index >= 15 is 0 Å². The summed E-state index contributed by atoms with van der Waals surface area (Å²) in [6.07, 6.45) is 2.00. The average molecular weight is 172 g/mol. The van der Waals surface area contributed by atoms with Crippen LogP contribution in [0.25, 0.3) is 0 Å². The second-order valence-corrected chi connectivity index (χ2v) is 4.52. The van der Waals surface area contributed by atoms with Crippen molar-refractivity contribution in [1.82, 2.24) is 0 Å². The highest BCUT2D eigenvalue weighted by Crippen LogP contribution is 2.44. The molecule has 0 heterocycles. The first-order chi connectivity index (χ1) is 5.51. The summed E-state index contributed by atoms with van der Waals surface area (Å²) >= 11 is 0. The normalized spacial score (nSPS) is 48.2.